The van der Waals surface area contributed by atoms with Crippen molar-refractivity contribution in [2.75, 3.05) is 5.75 Å². The molecular weight excluding hydrogens is 148 g/mol. The second-order valence-corrected chi connectivity index (χ2v) is 5.79. The van der Waals surface area contributed by atoms with Gasteiger partial charge in [0.15, 0.2) is 0 Å². The molecule has 0 aromatic carbocycles. The second kappa shape index (κ2) is 2.72. The van der Waals surface area contributed by atoms with E-state index >= 15 is 0 Å². The predicted molar refractivity (Wildman–Crippen MR) is 45.6 cm³/mol. The zero-order valence-electron chi connectivity index (χ0n) is 6.58. The summed E-state index contributed by atoms with van der Waals surface area (Å²) in [6.45, 7) is 4.12. The molecule has 1 fully saturated rings. The van der Waals surface area contributed by atoms with E-state index in [4.69, 9.17) is 0 Å². The van der Waals surface area contributed by atoms with E-state index in [1.165, 1.54) is 0 Å². The molecule has 62 valence electrons. The van der Waals surface area contributed by atoms with Gasteiger partial charge in [-0.15, -0.1) is 0 Å². The maximum Gasteiger partial charge on any atom is 0.0508 e. The van der Waals surface area contributed by atoms with Gasteiger partial charge in [-0.2, -0.15) is 10.6 Å². The molecule has 0 radical (unpaired) electrons. The Morgan fingerprint density at radius 1 is 1.40 bits per heavy atom. The smallest absolute Gasteiger partial charge is 0.0508 e. The van der Waals surface area contributed by atoms with Gasteiger partial charge in [0.2, 0.25) is 0 Å². The van der Waals surface area contributed by atoms with Gasteiger partial charge in [0.25, 0.3) is 0 Å². The minimum atomic E-state index is -2.19. The Kier molecular flexibility index (Phi) is 2.28. The minimum Gasteiger partial charge on any atom is -0.299 e. The van der Waals surface area contributed by atoms with Crippen LogP contribution in [0.25, 0.3) is 0 Å². The standard InChI is InChI=1S/C7H16O2S/c1-6(2)7-4-3-5-10(7,8)9/h6-9H,3-5H2,1-2H3/t7-/m1/s1. The largest absolute Gasteiger partial charge is 0.299 e. The summed E-state index contributed by atoms with van der Waals surface area (Å²) in [6, 6.07) is 0. The first kappa shape index (κ1) is 8.37. The van der Waals surface area contributed by atoms with Gasteiger partial charge in [-0.05, 0) is 18.8 Å². The first-order valence-electron chi connectivity index (χ1n) is 3.79. The van der Waals surface area contributed by atoms with Gasteiger partial charge in [-0.3, -0.25) is 9.11 Å². The third-order valence-corrected chi connectivity index (χ3v) is 4.80. The van der Waals surface area contributed by atoms with Crippen molar-refractivity contribution in [2.45, 2.75) is 31.9 Å². The lowest BCUT2D eigenvalue weighted by atomic mass is 10.1. The van der Waals surface area contributed by atoms with Crippen molar-refractivity contribution < 1.29 is 9.11 Å². The SMILES string of the molecule is CC(C)[C@H]1CCCS1(O)O. The number of rotatable bonds is 1. The molecule has 1 saturated heterocycles. The van der Waals surface area contributed by atoms with Crippen molar-refractivity contribution in [3.8, 4) is 0 Å². The van der Waals surface area contributed by atoms with Gasteiger partial charge >= 0.3 is 0 Å². The Bertz CT molecular complexity index is 123. The maximum atomic E-state index is 9.46. The van der Waals surface area contributed by atoms with E-state index in [-0.39, 0.29) is 5.25 Å². The molecule has 0 aliphatic carbocycles. The van der Waals surface area contributed by atoms with E-state index < -0.39 is 10.6 Å². The van der Waals surface area contributed by atoms with E-state index in [1.807, 2.05) is 0 Å². The summed E-state index contributed by atoms with van der Waals surface area (Å²) in [6.07, 6.45) is 1.99. The number of hydrogen-bond acceptors (Lipinski definition) is 2. The summed E-state index contributed by atoms with van der Waals surface area (Å²) in [7, 11) is -2.19. The molecule has 0 unspecified atom stereocenters. The summed E-state index contributed by atoms with van der Waals surface area (Å²) in [5.74, 6) is 1.06. The van der Waals surface area contributed by atoms with E-state index in [9.17, 15) is 9.11 Å². The van der Waals surface area contributed by atoms with Gasteiger partial charge in [0.05, 0.1) is 5.25 Å². The van der Waals surface area contributed by atoms with Crippen LogP contribution in [-0.4, -0.2) is 20.1 Å². The van der Waals surface area contributed by atoms with Crippen molar-refractivity contribution in [3.05, 3.63) is 0 Å². The zero-order valence-corrected chi connectivity index (χ0v) is 7.40. The third kappa shape index (κ3) is 1.47. The van der Waals surface area contributed by atoms with Crippen LogP contribution in [-0.2, 0) is 0 Å². The normalized spacial score (nSPS) is 34.7. The Hall–Kier alpha value is 0.270. The maximum absolute atomic E-state index is 9.46. The summed E-state index contributed by atoms with van der Waals surface area (Å²) in [5, 5.41) is 0.174. The van der Waals surface area contributed by atoms with E-state index in [0.717, 1.165) is 12.8 Å². The van der Waals surface area contributed by atoms with Gasteiger partial charge < -0.3 is 0 Å². The molecule has 3 heteroatoms. The fourth-order valence-corrected chi connectivity index (χ4v) is 3.92. The van der Waals surface area contributed by atoms with Gasteiger partial charge in [0.1, 0.15) is 0 Å². The lowest BCUT2D eigenvalue weighted by Gasteiger charge is -2.36. The zero-order chi connectivity index (χ0) is 7.78. The fourth-order valence-electron chi connectivity index (χ4n) is 1.61. The predicted octanol–water partition coefficient (Wildman–Crippen LogP) is 2.56. The highest BCUT2D eigenvalue weighted by Gasteiger charge is 2.33. The van der Waals surface area contributed by atoms with Gasteiger partial charge in [-0.1, -0.05) is 13.8 Å². The Balaban J connectivity index is 2.59. The highest BCUT2D eigenvalue weighted by atomic mass is 32.3. The Morgan fingerprint density at radius 3 is 2.20 bits per heavy atom. The second-order valence-electron chi connectivity index (χ2n) is 3.35. The van der Waals surface area contributed by atoms with E-state index in [0.29, 0.717) is 11.7 Å². The molecule has 0 bridgehead atoms. The van der Waals surface area contributed by atoms with Crippen LogP contribution in [0.1, 0.15) is 26.7 Å². The van der Waals surface area contributed by atoms with Crippen molar-refractivity contribution >= 4 is 10.6 Å². The van der Waals surface area contributed by atoms with Crippen molar-refractivity contribution in [3.63, 3.8) is 0 Å². The van der Waals surface area contributed by atoms with Crippen LogP contribution in [0.3, 0.4) is 0 Å². The highest BCUT2D eigenvalue weighted by Crippen LogP contribution is 2.54. The molecule has 1 aliphatic rings. The Labute approximate surface area is 64.0 Å². The molecule has 10 heavy (non-hydrogen) atoms. The molecule has 1 rings (SSSR count). The molecule has 1 heterocycles. The molecule has 1 atom stereocenters. The Morgan fingerprint density at radius 2 is 2.00 bits per heavy atom. The van der Waals surface area contributed by atoms with Crippen molar-refractivity contribution in [2.24, 2.45) is 5.92 Å². The van der Waals surface area contributed by atoms with Crippen LogP contribution in [0.15, 0.2) is 0 Å². The van der Waals surface area contributed by atoms with Crippen LogP contribution in [0.5, 0.6) is 0 Å². The topological polar surface area (TPSA) is 40.5 Å². The molecule has 1 aliphatic heterocycles. The molecule has 0 aromatic rings. The number of hydrogen-bond donors (Lipinski definition) is 2. The molecule has 0 aromatic heterocycles. The van der Waals surface area contributed by atoms with Crippen molar-refractivity contribution in [1.82, 2.24) is 0 Å². The first-order valence-corrected chi connectivity index (χ1v) is 5.56. The fraction of sp³-hybridized carbons (Fsp3) is 1.00. The van der Waals surface area contributed by atoms with Gasteiger partial charge in [-0.25, -0.2) is 0 Å². The van der Waals surface area contributed by atoms with E-state index in [2.05, 4.69) is 13.8 Å². The van der Waals surface area contributed by atoms with Crippen LogP contribution < -0.4 is 0 Å². The van der Waals surface area contributed by atoms with Crippen LogP contribution in [0.4, 0.5) is 0 Å². The van der Waals surface area contributed by atoms with Crippen LogP contribution in [0.2, 0.25) is 0 Å². The minimum absolute atomic E-state index is 0.174. The molecule has 0 amide bonds. The summed E-state index contributed by atoms with van der Waals surface area (Å²) >= 11 is 0. The lowest BCUT2D eigenvalue weighted by Crippen LogP contribution is -2.18. The first-order chi connectivity index (χ1) is 4.54. The molecule has 2 nitrogen and oxygen atoms in total. The van der Waals surface area contributed by atoms with Crippen LogP contribution >= 0.6 is 10.6 Å². The quantitative estimate of drug-likeness (QED) is 0.625. The van der Waals surface area contributed by atoms with E-state index in [1.54, 1.807) is 0 Å². The summed E-state index contributed by atoms with van der Waals surface area (Å²) in [5.41, 5.74) is 0. The van der Waals surface area contributed by atoms with Crippen LogP contribution in [0, 0.1) is 5.92 Å². The lowest BCUT2D eigenvalue weighted by molar-refractivity contribution is 0.455. The summed E-state index contributed by atoms with van der Waals surface area (Å²) in [4.78, 5) is 0. The average molecular weight is 164 g/mol. The molecule has 2 N–H and O–H groups in total. The average Bonchev–Trinajstić information content (AvgIpc) is 2.08. The van der Waals surface area contributed by atoms with Crippen molar-refractivity contribution in [1.29, 1.82) is 0 Å². The highest BCUT2D eigenvalue weighted by molar-refractivity contribution is 8.25. The molecule has 0 spiro atoms. The van der Waals surface area contributed by atoms with Gasteiger partial charge in [0, 0.05) is 5.75 Å². The monoisotopic (exact) mass is 164 g/mol. The third-order valence-electron chi connectivity index (χ3n) is 2.16. The summed E-state index contributed by atoms with van der Waals surface area (Å²) < 4.78 is 18.9. The molecule has 0 saturated carbocycles. The molecular formula is C7H16O2S.